The van der Waals surface area contributed by atoms with E-state index in [0.717, 1.165) is 22.2 Å². The van der Waals surface area contributed by atoms with Crippen molar-refractivity contribution in [3.63, 3.8) is 0 Å². The SMILES string of the molecule is Cc1nn(C)c(CSC(C)C(C)O)c1Cl. The van der Waals surface area contributed by atoms with Crippen LogP contribution in [0.4, 0.5) is 0 Å². The zero-order valence-electron chi connectivity index (χ0n) is 9.49. The van der Waals surface area contributed by atoms with Crippen LogP contribution in [-0.2, 0) is 12.8 Å². The fourth-order valence-corrected chi connectivity index (χ4v) is 2.52. The summed E-state index contributed by atoms with van der Waals surface area (Å²) in [6, 6.07) is 0. The van der Waals surface area contributed by atoms with Crippen LogP contribution in [0.25, 0.3) is 0 Å². The van der Waals surface area contributed by atoms with E-state index >= 15 is 0 Å². The van der Waals surface area contributed by atoms with Gasteiger partial charge in [0.1, 0.15) is 0 Å². The Labute approximate surface area is 99.8 Å². The van der Waals surface area contributed by atoms with Crippen molar-refractivity contribution < 1.29 is 5.11 Å². The molecule has 15 heavy (non-hydrogen) atoms. The summed E-state index contributed by atoms with van der Waals surface area (Å²) in [7, 11) is 1.89. The number of hydrogen-bond acceptors (Lipinski definition) is 3. The number of aliphatic hydroxyl groups excluding tert-OH is 1. The van der Waals surface area contributed by atoms with Gasteiger partial charge in [0.2, 0.25) is 0 Å². The van der Waals surface area contributed by atoms with E-state index in [0.29, 0.717) is 0 Å². The van der Waals surface area contributed by atoms with Crippen molar-refractivity contribution in [2.24, 2.45) is 7.05 Å². The highest BCUT2D eigenvalue weighted by molar-refractivity contribution is 7.99. The second-order valence-corrected chi connectivity index (χ2v) is 5.47. The van der Waals surface area contributed by atoms with Crippen LogP contribution in [0.3, 0.4) is 0 Å². The molecular weight excluding hydrogens is 232 g/mol. The topological polar surface area (TPSA) is 38.0 Å². The molecule has 2 atom stereocenters. The van der Waals surface area contributed by atoms with Gasteiger partial charge >= 0.3 is 0 Å². The molecule has 0 saturated carbocycles. The third-order valence-corrected chi connectivity index (χ3v) is 4.28. The first-order chi connectivity index (χ1) is 6.93. The van der Waals surface area contributed by atoms with Crippen LogP contribution in [0.5, 0.6) is 0 Å². The second kappa shape index (κ2) is 5.23. The molecule has 1 rings (SSSR count). The summed E-state index contributed by atoms with van der Waals surface area (Å²) in [5.41, 5.74) is 1.88. The van der Waals surface area contributed by atoms with E-state index in [2.05, 4.69) is 5.10 Å². The van der Waals surface area contributed by atoms with E-state index in [4.69, 9.17) is 11.6 Å². The fourth-order valence-electron chi connectivity index (χ4n) is 1.19. The molecule has 5 heteroatoms. The molecule has 0 bridgehead atoms. The number of aryl methyl sites for hydroxylation is 2. The molecule has 3 nitrogen and oxygen atoms in total. The van der Waals surface area contributed by atoms with Crippen LogP contribution in [-0.4, -0.2) is 26.2 Å². The van der Waals surface area contributed by atoms with E-state index in [9.17, 15) is 5.11 Å². The van der Waals surface area contributed by atoms with Gasteiger partial charge < -0.3 is 5.11 Å². The van der Waals surface area contributed by atoms with Crippen molar-refractivity contribution >= 4 is 23.4 Å². The zero-order valence-corrected chi connectivity index (χ0v) is 11.1. The summed E-state index contributed by atoms with van der Waals surface area (Å²) in [4.78, 5) is 0. The Morgan fingerprint density at radius 1 is 1.53 bits per heavy atom. The quantitative estimate of drug-likeness (QED) is 0.889. The highest BCUT2D eigenvalue weighted by Crippen LogP contribution is 2.26. The molecule has 0 aliphatic carbocycles. The zero-order chi connectivity index (χ0) is 11.6. The van der Waals surface area contributed by atoms with E-state index in [-0.39, 0.29) is 11.4 Å². The van der Waals surface area contributed by atoms with Gasteiger partial charge in [0.05, 0.1) is 22.5 Å². The molecule has 0 spiro atoms. The second-order valence-electron chi connectivity index (χ2n) is 3.73. The van der Waals surface area contributed by atoms with Crippen LogP contribution >= 0.6 is 23.4 Å². The van der Waals surface area contributed by atoms with Crippen molar-refractivity contribution in [1.29, 1.82) is 0 Å². The highest BCUT2D eigenvalue weighted by atomic mass is 35.5. The molecule has 0 fully saturated rings. The molecule has 0 saturated heterocycles. The van der Waals surface area contributed by atoms with Crippen molar-refractivity contribution in [2.75, 3.05) is 0 Å². The predicted molar refractivity (Wildman–Crippen MR) is 65.4 cm³/mol. The van der Waals surface area contributed by atoms with Crippen LogP contribution in [0.15, 0.2) is 0 Å². The lowest BCUT2D eigenvalue weighted by atomic mass is 10.3. The molecule has 1 heterocycles. The summed E-state index contributed by atoms with van der Waals surface area (Å²) >= 11 is 7.80. The molecule has 0 aliphatic rings. The van der Waals surface area contributed by atoms with E-state index < -0.39 is 0 Å². The Balaban J connectivity index is 2.65. The number of halogens is 1. The normalized spacial score (nSPS) is 15.3. The molecule has 1 aromatic rings. The summed E-state index contributed by atoms with van der Waals surface area (Å²) in [5.74, 6) is 0.780. The first-order valence-electron chi connectivity index (χ1n) is 4.91. The lowest BCUT2D eigenvalue weighted by molar-refractivity contribution is 0.196. The molecule has 0 aliphatic heterocycles. The summed E-state index contributed by atoms with van der Waals surface area (Å²) in [6.07, 6.45) is -0.303. The average Bonchev–Trinajstić information content (AvgIpc) is 2.38. The van der Waals surface area contributed by atoms with E-state index in [1.807, 2.05) is 20.9 Å². The number of nitrogens with zero attached hydrogens (tertiary/aromatic N) is 2. The van der Waals surface area contributed by atoms with Gasteiger partial charge in [0.15, 0.2) is 0 Å². The van der Waals surface area contributed by atoms with Gasteiger partial charge in [0.25, 0.3) is 0 Å². The number of aliphatic hydroxyl groups is 1. The standard InChI is InChI=1S/C10H17ClN2OS/c1-6-10(11)9(13(4)12-6)5-15-8(3)7(2)14/h7-8,14H,5H2,1-4H3. The molecular formula is C10H17ClN2OS. The number of aromatic nitrogens is 2. The number of hydrogen-bond donors (Lipinski definition) is 1. The number of thioether (sulfide) groups is 1. The fraction of sp³-hybridized carbons (Fsp3) is 0.700. The highest BCUT2D eigenvalue weighted by Gasteiger charge is 2.14. The van der Waals surface area contributed by atoms with Crippen molar-refractivity contribution in [2.45, 2.75) is 37.9 Å². The largest absolute Gasteiger partial charge is 0.392 e. The smallest absolute Gasteiger partial charge is 0.0855 e. The Morgan fingerprint density at radius 3 is 2.53 bits per heavy atom. The van der Waals surface area contributed by atoms with Crippen LogP contribution in [0.1, 0.15) is 25.2 Å². The van der Waals surface area contributed by atoms with Gasteiger partial charge in [-0.1, -0.05) is 18.5 Å². The third-order valence-electron chi connectivity index (χ3n) is 2.42. The lowest BCUT2D eigenvalue weighted by Crippen LogP contribution is -2.15. The van der Waals surface area contributed by atoms with E-state index in [1.165, 1.54) is 0 Å². The van der Waals surface area contributed by atoms with Crippen molar-refractivity contribution in [1.82, 2.24) is 9.78 Å². The van der Waals surface area contributed by atoms with Gasteiger partial charge in [-0.05, 0) is 13.8 Å². The minimum absolute atomic E-state index is 0.205. The van der Waals surface area contributed by atoms with Crippen LogP contribution in [0.2, 0.25) is 5.02 Å². The van der Waals surface area contributed by atoms with Crippen molar-refractivity contribution in [3.05, 3.63) is 16.4 Å². The minimum atomic E-state index is -0.303. The Hall–Kier alpha value is -0.190. The molecule has 2 unspecified atom stereocenters. The maximum Gasteiger partial charge on any atom is 0.0855 e. The Bertz CT molecular complexity index is 338. The summed E-state index contributed by atoms with van der Waals surface area (Å²) in [5, 5.41) is 14.6. The van der Waals surface area contributed by atoms with Gasteiger partial charge in [-0.15, -0.1) is 11.8 Å². The Morgan fingerprint density at radius 2 is 2.13 bits per heavy atom. The molecule has 0 radical (unpaired) electrons. The summed E-state index contributed by atoms with van der Waals surface area (Å²) < 4.78 is 1.80. The monoisotopic (exact) mass is 248 g/mol. The Kier molecular flexibility index (Phi) is 4.49. The summed E-state index contributed by atoms with van der Waals surface area (Å²) in [6.45, 7) is 5.70. The minimum Gasteiger partial charge on any atom is -0.392 e. The molecule has 1 N–H and O–H groups in total. The number of rotatable bonds is 4. The maximum absolute atomic E-state index is 9.37. The van der Waals surface area contributed by atoms with Gasteiger partial charge in [-0.2, -0.15) is 5.10 Å². The first kappa shape index (κ1) is 12.9. The van der Waals surface area contributed by atoms with Crippen molar-refractivity contribution in [3.8, 4) is 0 Å². The average molecular weight is 249 g/mol. The van der Waals surface area contributed by atoms with Crippen LogP contribution in [0, 0.1) is 6.92 Å². The van der Waals surface area contributed by atoms with Gasteiger partial charge in [-0.3, -0.25) is 4.68 Å². The van der Waals surface area contributed by atoms with E-state index in [1.54, 1.807) is 23.4 Å². The van der Waals surface area contributed by atoms with Gasteiger partial charge in [-0.25, -0.2) is 0 Å². The first-order valence-corrected chi connectivity index (χ1v) is 6.33. The predicted octanol–water partition coefficient (Wildman–Crippen LogP) is 2.38. The third kappa shape index (κ3) is 3.13. The molecule has 0 aromatic carbocycles. The van der Waals surface area contributed by atoms with Gasteiger partial charge in [0, 0.05) is 18.1 Å². The lowest BCUT2D eigenvalue weighted by Gasteiger charge is -2.13. The molecule has 1 aromatic heterocycles. The van der Waals surface area contributed by atoms with Crippen LogP contribution < -0.4 is 0 Å². The maximum atomic E-state index is 9.37. The molecule has 0 amide bonds. The molecule has 86 valence electrons.